The summed E-state index contributed by atoms with van der Waals surface area (Å²) in [6, 6.07) is 9.46. The zero-order chi connectivity index (χ0) is 17.1. The van der Waals surface area contributed by atoms with Crippen molar-refractivity contribution in [3.05, 3.63) is 57.1 Å². The molecule has 0 heterocycles. The fourth-order valence-electron chi connectivity index (χ4n) is 2.43. The average Bonchev–Trinajstić information content (AvgIpc) is 2.46. The zero-order valence-corrected chi connectivity index (χ0v) is 15.9. The van der Waals surface area contributed by atoms with E-state index in [9.17, 15) is 4.79 Å². The first kappa shape index (κ1) is 18.2. The highest BCUT2D eigenvalue weighted by molar-refractivity contribution is 8.00. The Morgan fingerprint density at radius 3 is 2.13 bits per heavy atom. The molecule has 0 bridgehead atoms. The van der Waals surface area contributed by atoms with Crippen molar-refractivity contribution in [1.29, 1.82) is 0 Å². The Morgan fingerprint density at radius 1 is 1.09 bits per heavy atom. The number of aryl methyl sites for hydroxylation is 3. The number of thioether (sulfide) groups is 1. The van der Waals surface area contributed by atoms with Gasteiger partial charge in [0.1, 0.15) is 0 Å². The van der Waals surface area contributed by atoms with Gasteiger partial charge in [-0.05, 0) is 51.0 Å². The molecule has 0 unspecified atom stereocenters. The Bertz CT molecular complexity index is 703. The van der Waals surface area contributed by atoms with E-state index in [1.807, 2.05) is 27.7 Å². The molecule has 0 aliphatic heterocycles. The van der Waals surface area contributed by atoms with Gasteiger partial charge in [-0.25, -0.2) is 0 Å². The van der Waals surface area contributed by atoms with Crippen molar-refractivity contribution in [2.24, 2.45) is 0 Å². The Hall–Kier alpha value is -1.16. The molecule has 1 amide bonds. The number of amides is 1. The van der Waals surface area contributed by atoms with E-state index in [0.29, 0.717) is 10.0 Å². The van der Waals surface area contributed by atoms with Gasteiger partial charge in [-0.1, -0.05) is 47.0 Å². The van der Waals surface area contributed by atoms with Gasteiger partial charge in [0.2, 0.25) is 5.91 Å². The summed E-state index contributed by atoms with van der Waals surface area (Å²) in [6.07, 6.45) is 0. The number of benzene rings is 2. The van der Waals surface area contributed by atoms with Crippen LogP contribution >= 0.6 is 35.0 Å². The molecule has 0 spiro atoms. The average molecular weight is 368 g/mol. The lowest BCUT2D eigenvalue weighted by Crippen LogP contribution is -2.23. The zero-order valence-electron chi connectivity index (χ0n) is 13.5. The largest absolute Gasteiger partial charge is 0.325 e. The third-order valence-electron chi connectivity index (χ3n) is 3.51. The van der Waals surface area contributed by atoms with Crippen molar-refractivity contribution in [2.75, 3.05) is 5.32 Å². The summed E-state index contributed by atoms with van der Waals surface area (Å²) in [6.45, 7) is 7.89. The Morgan fingerprint density at radius 2 is 1.61 bits per heavy atom. The van der Waals surface area contributed by atoms with Crippen LogP contribution < -0.4 is 5.32 Å². The molecule has 0 aromatic heterocycles. The fourth-order valence-corrected chi connectivity index (χ4v) is 3.97. The SMILES string of the molecule is Cc1cc(C)c(NC(=O)[C@H](C)Sc2c(Cl)cccc2Cl)c(C)c1. The Labute approximate surface area is 151 Å². The lowest BCUT2D eigenvalue weighted by Gasteiger charge is -2.17. The first-order valence-corrected chi connectivity index (χ1v) is 8.92. The van der Waals surface area contributed by atoms with Crippen LogP contribution in [0.25, 0.3) is 0 Å². The van der Waals surface area contributed by atoms with Crippen LogP contribution in [0.1, 0.15) is 23.6 Å². The smallest absolute Gasteiger partial charge is 0.237 e. The van der Waals surface area contributed by atoms with Crippen molar-refractivity contribution >= 4 is 46.6 Å². The fraction of sp³-hybridized carbons (Fsp3) is 0.278. The van der Waals surface area contributed by atoms with E-state index in [1.165, 1.54) is 17.3 Å². The van der Waals surface area contributed by atoms with Crippen LogP contribution in [0.3, 0.4) is 0 Å². The monoisotopic (exact) mass is 367 g/mol. The predicted molar refractivity (Wildman–Crippen MR) is 101 cm³/mol. The Balaban J connectivity index is 2.15. The van der Waals surface area contributed by atoms with E-state index in [1.54, 1.807) is 18.2 Å². The van der Waals surface area contributed by atoms with Crippen LogP contribution in [0.15, 0.2) is 35.2 Å². The second-order valence-electron chi connectivity index (χ2n) is 5.57. The van der Waals surface area contributed by atoms with E-state index in [0.717, 1.165) is 21.7 Å². The van der Waals surface area contributed by atoms with Crippen LogP contribution in [-0.2, 0) is 4.79 Å². The van der Waals surface area contributed by atoms with Crippen molar-refractivity contribution in [3.63, 3.8) is 0 Å². The maximum absolute atomic E-state index is 12.5. The summed E-state index contributed by atoms with van der Waals surface area (Å²) in [5.74, 6) is -0.0685. The van der Waals surface area contributed by atoms with Gasteiger partial charge >= 0.3 is 0 Å². The van der Waals surface area contributed by atoms with Crippen molar-refractivity contribution in [2.45, 2.75) is 37.8 Å². The lowest BCUT2D eigenvalue weighted by molar-refractivity contribution is -0.115. The molecule has 0 aliphatic rings. The van der Waals surface area contributed by atoms with Gasteiger partial charge in [-0.3, -0.25) is 4.79 Å². The van der Waals surface area contributed by atoms with Gasteiger partial charge in [0.25, 0.3) is 0 Å². The minimum Gasteiger partial charge on any atom is -0.325 e. The van der Waals surface area contributed by atoms with Gasteiger partial charge in [-0.15, -0.1) is 11.8 Å². The number of halogens is 2. The van der Waals surface area contributed by atoms with Gasteiger partial charge < -0.3 is 5.32 Å². The summed E-state index contributed by atoms with van der Waals surface area (Å²) < 4.78 is 0. The standard InChI is InChI=1S/C18H19Cl2NOS/c1-10-8-11(2)16(12(3)9-10)21-18(22)13(4)23-17-14(19)6-5-7-15(17)20/h5-9,13H,1-4H3,(H,21,22)/t13-/m0/s1. The molecular weight excluding hydrogens is 349 g/mol. The summed E-state index contributed by atoms with van der Waals surface area (Å²) in [5, 5.41) is 3.83. The van der Waals surface area contributed by atoms with Gasteiger partial charge in [0.05, 0.1) is 15.3 Å². The van der Waals surface area contributed by atoms with Crippen LogP contribution in [0, 0.1) is 20.8 Å². The number of carbonyl (C=O) groups excluding carboxylic acids is 1. The molecule has 122 valence electrons. The second kappa shape index (κ2) is 7.61. The molecule has 0 aliphatic carbocycles. The van der Waals surface area contributed by atoms with Crippen LogP contribution in [0.4, 0.5) is 5.69 Å². The van der Waals surface area contributed by atoms with Crippen molar-refractivity contribution < 1.29 is 4.79 Å². The molecule has 2 aromatic rings. The van der Waals surface area contributed by atoms with Crippen molar-refractivity contribution in [3.8, 4) is 0 Å². The first-order chi connectivity index (χ1) is 10.8. The lowest BCUT2D eigenvalue weighted by atomic mass is 10.1. The van der Waals surface area contributed by atoms with E-state index >= 15 is 0 Å². The van der Waals surface area contributed by atoms with E-state index in [2.05, 4.69) is 17.4 Å². The minimum absolute atomic E-state index is 0.0685. The summed E-state index contributed by atoms with van der Waals surface area (Å²) in [5.41, 5.74) is 4.18. The summed E-state index contributed by atoms with van der Waals surface area (Å²) in [4.78, 5) is 13.2. The minimum atomic E-state index is -0.312. The van der Waals surface area contributed by atoms with Gasteiger partial charge in [-0.2, -0.15) is 0 Å². The molecule has 0 saturated carbocycles. The molecule has 0 saturated heterocycles. The van der Waals surface area contributed by atoms with E-state index < -0.39 is 0 Å². The second-order valence-corrected chi connectivity index (χ2v) is 7.74. The molecule has 5 heteroatoms. The maximum atomic E-state index is 12.5. The molecule has 1 N–H and O–H groups in total. The van der Waals surface area contributed by atoms with Crippen LogP contribution in [0.2, 0.25) is 10.0 Å². The van der Waals surface area contributed by atoms with Crippen LogP contribution in [0.5, 0.6) is 0 Å². The number of hydrogen-bond donors (Lipinski definition) is 1. The third-order valence-corrected chi connectivity index (χ3v) is 5.61. The molecule has 0 radical (unpaired) electrons. The molecule has 1 atom stereocenters. The molecule has 2 rings (SSSR count). The van der Waals surface area contributed by atoms with Gasteiger partial charge in [0.15, 0.2) is 0 Å². The van der Waals surface area contributed by atoms with Crippen LogP contribution in [-0.4, -0.2) is 11.2 Å². The molecule has 0 fully saturated rings. The normalized spacial score (nSPS) is 12.1. The third kappa shape index (κ3) is 4.43. The number of rotatable bonds is 4. The quantitative estimate of drug-likeness (QED) is 0.667. The van der Waals surface area contributed by atoms with Gasteiger partial charge in [0, 0.05) is 10.6 Å². The molecule has 2 nitrogen and oxygen atoms in total. The topological polar surface area (TPSA) is 29.1 Å². The number of anilines is 1. The maximum Gasteiger partial charge on any atom is 0.237 e. The first-order valence-electron chi connectivity index (χ1n) is 7.29. The highest BCUT2D eigenvalue weighted by Crippen LogP contribution is 2.36. The molecule has 2 aromatic carbocycles. The molecule has 23 heavy (non-hydrogen) atoms. The summed E-state index contributed by atoms with van der Waals surface area (Å²) >= 11 is 13.7. The highest BCUT2D eigenvalue weighted by atomic mass is 35.5. The molecular formula is C18H19Cl2NOS. The highest BCUT2D eigenvalue weighted by Gasteiger charge is 2.19. The number of hydrogen-bond acceptors (Lipinski definition) is 2. The van der Waals surface area contributed by atoms with E-state index in [4.69, 9.17) is 23.2 Å². The van der Waals surface area contributed by atoms with E-state index in [-0.39, 0.29) is 11.2 Å². The predicted octanol–water partition coefficient (Wildman–Crippen LogP) is 6.04. The summed E-state index contributed by atoms with van der Waals surface area (Å²) in [7, 11) is 0. The number of carbonyl (C=O) groups is 1. The van der Waals surface area contributed by atoms with Crippen molar-refractivity contribution in [1.82, 2.24) is 0 Å². The Kier molecular flexibility index (Phi) is 6.01. The number of nitrogens with one attached hydrogen (secondary N) is 1.